The molecule has 2 aromatic rings. The highest BCUT2D eigenvalue weighted by molar-refractivity contribution is 5.77. The van der Waals surface area contributed by atoms with E-state index in [1.54, 1.807) is 6.07 Å². The van der Waals surface area contributed by atoms with Crippen molar-refractivity contribution in [2.45, 2.75) is 32.4 Å². The molecule has 0 amide bonds. The number of aromatic nitrogens is 2. The molecule has 158 valence electrons. The first-order valence-electron chi connectivity index (χ1n) is 10.9. The molecule has 2 fully saturated rings. The molecule has 7 heteroatoms. The van der Waals surface area contributed by atoms with Crippen molar-refractivity contribution in [1.82, 2.24) is 24.7 Å². The third-order valence-corrected chi connectivity index (χ3v) is 6.31. The van der Waals surface area contributed by atoms with Crippen LogP contribution in [-0.4, -0.2) is 88.2 Å². The predicted octanol–water partition coefficient (Wildman–Crippen LogP) is 1.13. The molecule has 2 saturated heterocycles. The number of piperidine rings is 1. The van der Waals surface area contributed by atoms with Crippen LogP contribution in [0.25, 0.3) is 10.9 Å². The lowest BCUT2D eigenvalue weighted by molar-refractivity contribution is 0.0411. The van der Waals surface area contributed by atoms with Crippen LogP contribution in [0.4, 0.5) is 0 Å². The molecule has 7 nitrogen and oxygen atoms in total. The molecule has 2 aliphatic rings. The second kappa shape index (κ2) is 9.34. The summed E-state index contributed by atoms with van der Waals surface area (Å²) >= 11 is 0. The van der Waals surface area contributed by atoms with Gasteiger partial charge >= 0.3 is 0 Å². The predicted molar refractivity (Wildman–Crippen MR) is 115 cm³/mol. The Morgan fingerprint density at radius 1 is 1.03 bits per heavy atom. The van der Waals surface area contributed by atoms with Crippen molar-refractivity contribution in [2.24, 2.45) is 5.92 Å². The summed E-state index contributed by atoms with van der Waals surface area (Å²) in [6, 6.07) is 7.46. The van der Waals surface area contributed by atoms with Crippen LogP contribution < -0.4 is 5.56 Å². The van der Waals surface area contributed by atoms with Gasteiger partial charge in [-0.05, 0) is 44.0 Å². The summed E-state index contributed by atoms with van der Waals surface area (Å²) in [7, 11) is 0. The first kappa shape index (κ1) is 20.5. The molecule has 2 aliphatic heterocycles. The third-order valence-electron chi connectivity index (χ3n) is 6.31. The van der Waals surface area contributed by atoms with Crippen LogP contribution in [0.15, 0.2) is 29.1 Å². The van der Waals surface area contributed by atoms with E-state index >= 15 is 0 Å². The molecular weight excluding hydrogens is 366 g/mol. The number of hydrogen-bond acceptors (Lipinski definition) is 6. The van der Waals surface area contributed by atoms with Crippen LogP contribution in [0.5, 0.6) is 0 Å². The van der Waals surface area contributed by atoms with Gasteiger partial charge in [0.2, 0.25) is 0 Å². The Bertz CT molecular complexity index is 854. The van der Waals surface area contributed by atoms with Gasteiger partial charge in [-0.3, -0.25) is 14.6 Å². The van der Waals surface area contributed by atoms with Crippen LogP contribution in [0.1, 0.15) is 25.6 Å². The topological polar surface area (TPSA) is 75.7 Å². The van der Waals surface area contributed by atoms with Crippen molar-refractivity contribution in [3.8, 4) is 0 Å². The highest BCUT2D eigenvalue weighted by atomic mass is 16.3. The number of aliphatic hydroxyl groups excluding tert-OH is 1. The van der Waals surface area contributed by atoms with E-state index in [0.717, 1.165) is 69.6 Å². The fraction of sp³-hybridized carbons (Fsp3) is 0.636. The lowest BCUT2D eigenvalue weighted by Gasteiger charge is -2.37. The zero-order chi connectivity index (χ0) is 20.2. The van der Waals surface area contributed by atoms with Gasteiger partial charge in [-0.15, -0.1) is 0 Å². The average molecular weight is 400 g/mol. The molecule has 2 N–H and O–H groups in total. The molecule has 29 heavy (non-hydrogen) atoms. The van der Waals surface area contributed by atoms with E-state index in [1.165, 1.54) is 12.8 Å². The smallest absolute Gasteiger partial charge is 0.258 e. The number of fused-ring (bicyclic) bond motifs is 1. The maximum absolute atomic E-state index is 12.2. The Hall–Kier alpha value is -1.80. The van der Waals surface area contributed by atoms with Crippen molar-refractivity contribution >= 4 is 10.9 Å². The van der Waals surface area contributed by atoms with Crippen LogP contribution in [0.2, 0.25) is 0 Å². The number of hydrogen-bond donors (Lipinski definition) is 2. The van der Waals surface area contributed by atoms with E-state index in [4.69, 9.17) is 0 Å². The van der Waals surface area contributed by atoms with Crippen molar-refractivity contribution in [3.05, 3.63) is 40.4 Å². The second-order valence-corrected chi connectivity index (χ2v) is 8.74. The lowest BCUT2D eigenvalue weighted by Crippen LogP contribution is -2.50. The van der Waals surface area contributed by atoms with Gasteiger partial charge in [0.15, 0.2) is 0 Å². The summed E-state index contributed by atoms with van der Waals surface area (Å²) in [5, 5.41) is 11.1. The molecule has 0 saturated carbocycles. The molecule has 1 aromatic carbocycles. The van der Waals surface area contributed by atoms with Gasteiger partial charge in [0.25, 0.3) is 5.56 Å². The first-order valence-corrected chi connectivity index (χ1v) is 10.9. The molecule has 0 spiro atoms. The van der Waals surface area contributed by atoms with Crippen LogP contribution >= 0.6 is 0 Å². The Kier molecular flexibility index (Phi) is 6.60. The minimum atomic E-state index is -0.284. The van der Waals surface area contributed by atoms with Crippen molar-refractivity contribution < 1.29 is 5.11 Å². The molecule has 1 atom stereocenters. The van der Waals surface area contributed by atoms with Gasteiger partial charge in [0, 0.05) is 39.3 Å². The summed E-state index contributed by atoms with van der Waals surface area (Å²) in [4.78, 5) is 26.9. The number of likely N-dealkylation sites (tertiary alicyclic amines) is 1. The molecule has 0 bridgehead atoms. The molecule has 0 aliphatic carbocycles. The van der Waals surface area contributed by atoms with Gasteiger partial charge in [-0.2, -0.15) is 0 Å². The average Bonchev–Trinajstić information content (AvgIpc) is 2.71. The number of benzene rings is 1. The highest BCUT2D eigenvalue weighted by Gasteiger charge is 2.23. The van der Waals surface area contributed by atoms with E-state index in [2.05, 4.69) is 31.6 Å². The van der Waals surface area contributed by atoms with E-state index in [9.17, 15) is 9.90 Å². The lowest BCUT2D eigenvalue weighted by atomic mass is 9.99. The second-order valence-electron chi connectivity index (χ2n) is 8.74. The fourth-order valence-electron chi connectivity index (χ4n) is 4.45. The van der Waals surface area contributed by atoms with E-state index in [-0.39, 0.29) is 11.7 Å². The monoisotopic (exact) mass is 399 g/mol. The van der Waals surface area contributed by atoms with Crippen LogP contribution in [-0.2, 0) is 6.54 Å². The molecule has 1 aromatic heterocycles. The number of rotatable bonds is 6. The normalized spacial score (nSPS) is 21.6. The summed E-state index contributed by atoms with van der Waals surface area (Å²) < 4.78 is 0. The zero-order valence-corrected chi connectivity index (χ0v) is 17.4. The summed E-state index contributed by atoms with van der Waals surface area (Å²) in [6.07, 6.45) is 2.21. The Labute approximate surface area is 172 Å². The third kappa shape index (κ3) is 5.42. The Morgan fingerprint density at radius 3 is 2.38 bits per heavy atom. The molecular formula is C22H33N5O2. The Balaban J connectivity index is 1.24. The molecule has 3 heterocycles. The van der Waals surface area contributed by atoms with Gasteiger partial charge in [-0.1, -0.05) is 19.1 Å². The van der Waals surface area contributed by atoms with Crippen molar-refractivity contribution in [2.75, 3.05) is 52.4 Å². The fourth-order valence-corrected chi connectivity index (χ4v) is 4.45. The van der Waals surface area contributed by atoms with Crippen molar-refractivity contribution in [1.29, 1.82) is 0 Å². The minimum absolute atomic E-state index is 0.0699. The van der Waals surface area contributed by atoms with Crippen LogP contribution in [0.3, 0.4) is 0 Å². The van der Waals surface area contributed by atoms with E-state index < -0.39 is 0 Å². The van der Waals surface area contributed by atoms with Crippen molar-refractivity contribution in [3.63, 3.8) is 0 Å². The Morgan fingerprint density at radius 2 is 1.66 bits per heavy atom. The molecule has 1 unspecified atom stereocenters. The van der Waals surface area contributed by atoms with Crippen LogP contribution in [0, 0.1) is 5.92 Å². The van der Waals surface area contributed by atoms with Gasteiger partial charge in [0.1, 0.15) is 5.82 Å². The van der Waals surface area contributed by atoms with Gasteiger partial charge < -0.3 is 15.0 Å². The number of β-amino-alcohol motifs (C(OH)–C–C–N with tert-alkyl or cyclic N) is 1. The standard InChI is InChI=1S/C22H33N5O2/c1-17-6-8-25(9-7-17)14-18(28)15-26-10-12-27(13-11-26)16-21-23-20-5-3-2-4-19(20)22(29)24-21/h2-5,17-18,28H,6-16H2,1H3,(H,23,24,29). The van der Waals surface area contributed by atoms with E-state index in [1.807, 2.05) is 18.2 Å². The number of H-pyrrole nitrogens is 1. The SMILES string of the molecule is CC1CCN(CC(O)CN2CCN(Cc3nc4ccccc4c(=O)[nH]3)CC2)CC1. The van der Waals surface area contributed by atoms with E-state index in [0.29, 0.717) is 11.9 Å². The number of para-hydroxylation sites is 1. The first-order chi connectivity index (χ1) is 14.1. The number of aromatic amines is 1. The number of nitrogens with zero attached hydrogens (tertiary/aromatic N) is 4. The maximum atomic E-state index is 12.2. The summed E-state index contributed by atoms with van der Waals surface area (Å²) in [6.45, 7) is 10.4. The highest BCUT2D eigenvalue weighted by Crippen LogP contribution is 2.16. The molecule has 4 rings (SSSR count). The quantitative estimate of drug-likeness (QED) is 0.759. The largest absolute Gasteiger partial charge is 0.390 e. The molecule has 0 radical (unpaired) electrons. The number of aliphatic hydroxyl groups is 1. The van der Waals surface area contributed by atoms with Gasteiger partial charge in [-0.25, -0.2) is 4.98 Å². The van der Waals surface area contributed by atoms with Gasteiger partial charge in [0.05, 0.1) is 23.6 Å². The maximum Gasteiger partial charge on any atom is 0.258 e. The summed E-state index contributed by atoms with van der Waals surface area (Å²) in [5.74, 6) is 1.55. The number of nitrogens with one attached hydrogen (secondary N) is 1. The zero-order valence-electron chi connectivity index (χ0n) is 17.4. The summed E-state index contributed by atoms with van der Waals surface area (Å²) in [5.41, 5.74) is 0.680. The minimum Gasteiger partial charge on any atom is -0.390 e. The number of piperazine rings is 1.